The fourth-order valence-electron chi connectivity index (χ4n) is 1.74. The molecule has 0 aromatic carbocycles. The summed E-state index contributed by atoms with van der Waals surface area (Å²) in [7, 11) is 0. The van der Waals surface area contributed by atoms with Gasteiger partial charge in [-0.25, -0.2) is 0 Å². The molecule has 0 aliphatic carbocycles. The predicted octanol–water partition coefficient (Wildman–Crippen LogP) is 1.91. The van der Waals surface area contributed by atoms with Crippen LogP contribution in [-0.2, 0) is 4.79 Å². The smallest absolute Gasteiger partial charge is 0.224 e. The maximum absolute atomic E-state index is 11.8. The van der Waals surface area contributed by atoms with Gasteiger partial charge in [-0.1, -0.05) is 26.7 Å². The number of hydrogen-bond donors (Lipinski definition) is 2. The summed E-state index contributed by atoms with van der Waals surface area (Å²) < 4.78 is 0. The van der Waals surface area contributed by atoms with Crippen LogP contribution in [0.4, 0.5) is 0 Å². The minimum absolute atomic E-state index is 0.0164. The average Bonchev–Trinajstić information content (AvgIpc) is 2.18. The molecule has 0 radical (unpaired) electrons. The van der Waals surface area contributed by atoms with E-state index in [4.69, 9.17) is 5.73 Å². The highest BCUT2D eigenvalue weighted by Crippen LogP contribution is 2.18. The zero-order valence-electron chi connectivity index (χ0n) is 10.5. The van der Waals surface area contributed by atoms with Gasteiger partial charge in [0.15, 0.2) is 0 Å². The van der Waals surface area contributed by atoms with E-state index in [2.05, 4.69) is 19.2 Å². The van der Waals surface area contributed by atoms with Crippen LogP contribution in [0.5, 0.6) is 0 Å². The van der Waals surface area contributed by atoms with Gasteiger partial charge in [-0.3, -0.25) is 4.79 Å². The Morgan fingerprint density at radius 2 is 1.80 bits per heavy atom. The van der Waals surface area contributed by atoms with Crippen molar-refractivity contribution in [3.05, 3.63) is 0 Å². The zero-order valence-corrected chi connectivity index (χ0v) is 10.5. The first-order valence-electron chi connectivity index (χ1n) is 6.05. The maximum atomic E-state index is 11.8. The third-order valence-electron chi connectivity index (χ3n) is 2.86. The zero-order chi connectivity index (χ0) is 11.8. The van der Waals surface area contributed by atoms with Gasteiger partial charge >= 0.3 is 0 Å². The van der Waals surface area contributed by atoms with Crippen LogP contribution in [-0.4, -0.2) is 18.5 Å². The number of nitrogens with one attached hydrogen (secondary N) is 1. The minimum atomic E-state index is -0.0164. The Bertz CT molecular complexity index is 176. The second-order valence-electron chi connectivity index (χ2n) is 4.51. The molecule has 0 aromatic rings. The van der Waals surface area contributed by atoms with Crippen molar-refractivity contribution in [3.8, 4) is 0 Å². The van der Waals surface area contributed by atoms with E-state index in [0.717, 1.165) is 19.3 Å². The Labute approximate surface area is 93.8 Å². The van der Waals surface area contributed by atoms with Crippen molar-refractivity contribution in [2.24, 2.45) is 17.6 Å². The molecule has 0 fully saturated rings. The summed E-state index contributed by atoms with van der Waals surface area (Å²) in [6.07, 6.45) is 3.17. The number of hydrogen-bond acceptors (Lipinski definition) is 2. The quantitative estimate of drug-likeness (QED) is 0.680. The summed E-state index contributed by atoms with van der Waals surface area (Å²) in [5, 5.41) is 2.93. The van der Waals surface area contributed by atoms with Gasteiger partial charge in [-0.2, -0.15) is 0 Å². The van der Waals surface area contributed by atoms with E-state index < -0.39 is 0 Å². The fourth-order valence-corrected chi connectivity index (χ4v) is 1.74. The molecule has 0 bridgehead atoms. The normalized spacial score (nSPS) is 13.3. The van der Waals surface area contributed by atoms with Crippen LogP contribution in [0.3, 0.4) is 0 Å². The summed E-state index contributed by atoms with van der Waals surface area (Å²) in [6.45, 7) is 8.74. The SMILES string of the molecule is CCC(CC)CC(CN)C(=O)NC(C)C. The van der Waals surface area contributed by atoms with Crippen LogP contribution in [0.25, 0.3) is 0 Å². The van der Waals surface area contributed by atoms with Gasteiger partial charge < -0.3 is 11.1 Å². The molecule has 0 aliphatic heterocycles. The molecule has 0 heterocycles. The van der Waals surface area contributed by atoms with Crippen molar-refractivity contribution < 1.29 is 4.79 Å². The molecular formula is C12H26N2O. The minimum Gasteiger partial charge on any atom is -0.354 e. The highest BCUT2D eigenvalue weighted by Gasteiger charge is 2.20. The Kier molecular flexibility index (Phi) is 7.39. The molecule has 0 aliphatic rings. The van der Waals surface area contributed by atoms with Crippen LogP contribution in [0.1, 0.15) is 47.0 Å². The maximum Gasteiger partial charge on any atom is 0.224 e. The molecule has 0 rings (SSSR count). The van der Waals surface area contributed by atoms with Crippen molar-refractivity contribution >= 4 is 5.91 Å². The highest BCUT2D eigenvalue weighted by atomic mass is 16.1. The summed E-state index contributed by atoms with van der Waals surface area (Å²) in [5.41, 5.74) is 5.65. The molecule has 1 atom stereocenters. The monoisotopic (exact) mass is 214 g/mol. The Hall–Kier alpha value is -0.570. The first kappa shape index (κ1) is 14.4. The van der Waals surface area contributed by atoms with Crippen molar-refractivity contribution in [1.82, 2.24) is 5.32 Å². The summed E-state index contributed by atoms with van der Waals surface area (Å²) >= 11 is 0. The standard InChI is InChI=1S/C12H26N2O/c1-5-10(6-2)7-11(8-13)12(15)14-9(3)4/h9-11H,5-8,13H2,1-4H3,(H,14,15). The fraction of sp³-hybridized carbons (Fsp3) is 0.917. The molecule has 0 saturated heterocycles. The Morgan fingerprint density at radius 1 is 1.27 bits per heavy atom. The van der Waals surface area contributed by atoms with Gasteiger partial charge in [0, 0.05) is 12.6 Å². The summed E-state index contributed by atoms with van der Waals surface area (Å²) in [4.78, 5) is 11.8. The molecule has 3 N–H and O–H groups in total. The van der Waals surface area contributed by atoms with Crippen LogP contribution >= 0.6 is 0 Å². The number of nitrogens with two attached hydrogens (primary N) is 1. The van der Waals surface area contributed by atoms with E-state index >= 15 is 0 Å². The van der Waals surface area contributed by atoms with Gasteiger partial charge in [-0.15, -0.1) is 0 Å². The molecule has 90 valence electrons. The van der Waals surface area contributed by atoms with E-state index in [-0.39, 0.29) is 17.9 Å². The number of rotatable bonds is 7. The second kappa shape index (κ2) is 7.69. The number of carbonyl (C=O) groups is 1. The van der Waals surface area contributed by atoms with Crippen molar-refractivity contribution in [2.75, 3.05) is 6.54 Å². The van der Waals surface area contributed by atoms with Gasteiger partial charge in [0.1, 0.15) is 0 Å². The summed E-state index contributed by atoms with van der Waals surface area (Å²) in [6, 6.07) is 0.202. The average molecular weight is 214 g/mol. The number of carbonyl (C=O) groups excluding carboxylic acids is 1. The van der Waals surface area contributed by atoms with E-state index in [1.807, 2.05) is 13.8 Å². The predicted molar refractivity (Wildman–Crippen MR) is 64.5 cm³/mol. The topological polar surface area (TPSA) is 55.1 Å². The Morgan fingerprint density at radius 3 is 2.13 bits per heavy atom. The summed E-state index contributed by atoms with van der Waals surface area (Å²) in [5.74, 6) is 0.716. The van der Waals surface area contributed by atoms with Crippen LogP contribution in [0.2, 0.25) is 0 Å². The van der Waals surface area contributed by atoms with E-state index in [9.17, 15) is 4.79 Å². The van der Waals surface area contributed by atoms with Crippen molar-refractivity contribution in [2.45, 2.75) is 53.0 Å². The van der Waals surface area contributed by atoms with Gasteiger partial charge in [-0.05, 0) is 26.2 Å². The van der Waals surface area contributed by atoms with E-state index in [0.29, 0.717) is 12.5 Å². The largest absolute Gasteiger partial charge is 0.354 e. The lowest BCUT2D eigenvalue weighted by atomic mass is 9.90. The Balaban J connectivity index is 4.16. The van der Waals surface area contributed by atoms with Crippen molar-refractivity contribution in [3.63, 3.8) is 0 Å². The van der Waals surface area contributed by atoms with Gasteiger partial charge in [0.25, 0.3) is 0 Å². The van der Waals surface area contributed by atoms with Crippen LogP contribution in [0.15, 0.2) is 0 Å². The molecular weight excluding hydrogens is 188 g/mol. The molecule has 3 nitrogen and oxygen atoms in total. The molecule has 0 aromatic heterocycles. The lowest BCUT2D eigenvalue weighted by molar-refractivity contribution is -0.125. The lowest BCUT2D eigenvalue weighted by Crippen LogP contribution is -2.39. The third-order valence-corrected chi connectivity index (χ3v) is 2.86. The van der Waals surface area contributed by atoms with Crippen LogP contribution < -0.4 is 11.1 Å². The third kappa shape index (κ3) is 5.78. The number of amides is 1. The second-order valence-corrected chi connectivity index (χ2v) is 4.51. The van der Waals surface area contributed by atoms with E-state index in [1.54, 1.807) is 0 Å². The molecule has 1 unspecified atom stereocenters. The highest BCUT2D eigenvalue weighted by molar-refractivity contribution is 5.79. The molecule has 15 heavy (non-hydrogen) atoms. The van der Waals surface area contributed by atoms with Crippen molar-refractivity contribution in [1.29, 1.82) is 0 Å². The molecule has 1 amide bonds. The van der Waals surface area contributed by atoms with Gasteiger partial charge in [0.05, 0.1) is 5.92 Å². The van der Waals surface area contributed by atoms with E-state index in [1.165, 1.54) is 0 Å². The lowest BCUT2D eigenvalue weighted by Gasteiger charge is -2.21. The molecule has 0 saturated carbocycles. The first-order chi connectivity index (χ1) is 7.04. The molecule has 3 heteroatoms. The molecule has 0 spiro atoms. The van der Waals surface area contributed by atoms with Gasteiger partial charge in [0.2, 0.25) is 5.91 Å². The van der Waals surface area contributed by atoms with Crippen LogP contribution in [0, 0.1) is 11.8 Å². The first-order valence-corrected chi connectivity index (χ1v) is 6.05.